The Hall–Kier alpha value is -4.87. The van der Waals surface area contributed by atoms with E-state index in [9.17, 15) is 9.59 Å². The highest BCUT2D eigenvalue weighted by Gasteiger charge is 2.16. The second kappa shape index (κ2) is 14.7. The van der Waals surface area contributed by atoms with E-state index in [1.807, 2.05) is 68.4 Å². The van der Waals surface area contributed by atoms with Crippen molar-refractivity contribution < 1.29 is 14.3 Å². The molecule has 0 spiro atoms. The molecule has 0 radical (unpaired) electrons. The first kappa shape index (κ1) is 31.6. The van der Waals surface area contributed by atoms with Crippen LogP contribution in [0.15, 0.2) is 77.6 Å². The van der Waals surface area contributed by atoms with E-state index in [0.29, 0.717) is 35.9 Å². The fourth-order valence-electron chi connectivity index (χ4n) is 5.74. The van der Waals surface area contributed by atoms with Gasteiger partial charge in [0.1, 0.15) is 11.5 Å². The first-order valence-electron chi connectivity index (χ1n) is 15.5. The number of aryl methyl sites for hydroxylation is 3. The number of ether oxygens (including phenoxy) is 2. The summed E-state index contributed by atoms with van der Waals surface area (Å²) in [5.41, 5.74) is 5.91. The number of likely N-dealkylation sites (tertiary alicyclic amines) is 1. The lowest BCUT2D eigenvalue weighted by Crippen LogP contribution is -2.31. The Morgan fingerprint density at radius 3 is 2.42 bits per heavy atom. The molecule has 0 bridgehead atoms. The number of rotatable bonds is 10. The molecule has 3 aromatic carbocycles. The van der Waals surface area contributed by atoms with Crippen LogP contribution in [0.3, 0.4) is 0 Å². The number of carbonyl (C=O) groups is 1. The number of hydrogen-bond donors (Lipinski definition) is 1. The van der Waals surface area contributed by atoms with Crippen molar-refractivity contribution in [3.05, 3.63) is 117 Å². The fourth-order valence-corrected chi connectivity index (χ4v) is 5.74. The molecule has 8 heteroatoms. The summed E-state index contributed by atoms with van der Waals surface area (Å²) in [5, 5.41) is 2.78. The molecule has 1 aliphatic rings. The minimum atomic E-state index is -0.485. The van der Waals surface area contributed by atoms with Crippen molar-refractivity contribution in [2.45, 2.75) is 53.0 Å². The van der Waals surface area contributed by atoms with E-state index in [1.54, 1.807) is 23.6 Å². The van der Waals surface area contributed by atoms with Gasteiger partial charge in [-0.05, 0) is 118 Å². The van der Waals surface area contributed by atoms with Gasteiger partial charge >= 0.3 is 6.09 Å². The maximum atomic E-state index is 13.4. The number of pyridine rings is 1. The van der Waals surface area contributed by atoms with E-state index in [4.69, 9.17) is 16.0 Å². The minimum absolute atomic E-state index is 0.137. The monoisotopic (exact) mass is 604 g/mol. The standard InChI is InChI=1S/C37H40N4O4/c1-26-12-13-30(27(2)22-26)25-41-34(23-28(3)35(38-4)36(41)42)29-14-16-32(17-15-29)45-33-11-8-10-31(24-33)39-37(43)44-21-9-20-40-18-6-5-7-19-40/h8,10-17,22-24H,5-7,9,18-21,25H2,1-3H3,(H,39,43). The maximum absolute atomic E-state index is 13.4. The van der Waals surface area contributed by atoms with Crippen molar-refractivity contribution in [3.8, 4) is 22.8 Å². The van der Waals surface area contributed by atoms with Gasteiger partial charge in [-0.1, -0.05) is 36.2 Å². The molecule has 232 valence electrons. The first-order chi connectivity index (χ1) is 21.8. The van der Waals surface area contributed by atoms with Gasteiger partial charge < -0.3 is 18.9 Å². The van der Waals surface area contributed by atoms with E-state index >= 15 is 0 Å². The minimum Gasteiger partial charge on any atom is -0.457 e. The molecule has 0 saturated carbocycles. The van der Waals surface area contributed by atoms with Gasteiger partial charge in [-0.25, -0.2) is 9.64 Å². The molecule has 45 heavy (non-hydrogen) atoms. The van der Waals surface area contributed by atoms with Crippen molar-refractivity contribution in [2.75, 3.05) is 31.6 Å². The number of nitrogens with zero attached hydrogens (tertiary/aromatic N) is 3. The molecule has 1 fully saturated rings. The number of carbonyl (C=O) groups excluding carboxylic acids is 1. The van der Waals surface area contributed by atoms with E-state index in [2.05, 4.69) is 21.1 Å². The number of benzene rings is 3. The maximum Gasteiger partial charge on any atom is 0.411 e. The van der Waals surface area contributed by atoms with E-state index < -0.39 is 6.09 Å². The Labute approximate surface area is 265 Å². The Balaban J connectivity index is 1.25. The third-order valence-corrected chi connectivity index (χ3v) is 8.17. The summed E-state index contributed by atoms with van der Waals surface area (Å²) in [6, 6.07) is 22.7. The molecule has 0 atom stereocenters. The van der Waals surface area contributed by atoms with Crippen LogP contribution in [-0.2, 0) is 11.3 Å². The summed E-state index contributed by atoms with van der Waals surface area (Å²) in [4.78, 5) is 31.7. The van der Waals surface area contributed by atoms with Crippen molar-refractivity contribution in [1.29, 1.82) is 0 Å². The van der Waals surface area contributed by atoms with Crippen molar-refractivity contribution in [1.82, 2.24) is 9.47 Å². The average Bonchev–Trinajstić information content (AvgIpc) is 3.03. The first-order valence-corrected chi connectivity index (χ1v) is 15.5. The smallest absolute Gasteiger partial charge is 0.411 e. The summed E-state index contributed by atoms with van der Waals surface area (Å²) in [6.45, 7) is 17.4. The van der Waals surface area contributed by atoms with Crippen LogP contribution in [-0.4, -0.2) is 41.8 Å². The number of hydrogen-bond acceptors (Lipinski definition) is 5. The Bertz CT molecular complexity index is 1750. The lowest BCUT2D eigenvalue weighted by Gasteiger charge is -2.26. The predicted molar refractivity (Wildman–Crippen MR) is 179 cm³/mol. The van der Waals surface area contributed by atoms with Gasteiger partial charge in [-0.2, -0.15) is 0 Å². The van der Waals surface area contributed by atoms with Crippen molar-refractivity contribution in [3.63, 3.8) is 0 Å². The van der Waals surface area contributed by atoms with Gasteiger partial charge in [0.25, 0.3) is 11.2 Å². The molecule has 1 aromatic heterocycles. The summed E-state index contributed by atoms with van der Waals surface area (Å²) in [7, 11) is 0. The summed E-state index contributed by atoms with van der Waals surface area (Å²) in [5.74, 6) is 1.17. The van der Waals surface area contributed by atoms with E-state index in [0.717, 1.165) is 54.0 Å². The molecule has 0 unspecified atom stereocenters. The van der Waals surface area contributed by atoms with Crippen LogP contribution in [0.1, 0.15) is 47.9 Å². The summed E-state index contributed by atoms with van der Waals surface area (Å²) >= 11 is 0. The summed E-state index contributed by atoms with van der Waals surface area (Å²) < 4.78 is 13.1. The molecular formula is C37H40N4O4. The van der Waals surface area contributed by atoms with Crippen LogP contribution >= 0.6 is 0 Å². The highest BCUT2D eigenvalue weighted by Crippen LogP contribution is 2.29. The lowest BCUT2D eigenvalue weighted by molar-refractivity contribution is 0.148. The van der Waals surface area contributed by atoms with Crippen LogP contribution in [0.2, 0.25) is 0 Å². The van der Waals surface area contributed by atoms with Gasteiger partial charge in [-0.15, -0.1) is 0 Å². The van der Waals surface area contributed by atoms with E-state index in [-0.39, 0.29) is 11.2 Å². The molecule has 8 nitrogen and oxygen atoms in total. The van der Waals surface area contributed by atoms with Crippen LogP contribution < -0.4 is 15.6 Å². The quantitative estimate of drug-likeness (QED) is 0.146. The molecule has 0 aliphatic carbocycles. The molecule has 2 heterocycles. The molecule has 4 aromatic rings. The van der Waals surface area contributed by atoms with Crippen LogP contribution in [0.5, 0.6) is 11.5 Å². The lowest BCUT2D eigenvalue weighted by atomic mass is 10.0. The van der Waals surface area contributed by atoms with Gasteiger partial charge in [0.15, 0.2) is 0 Å². The highest BCUT2D eigenvalue weighted by molar-refractivity contribution is 5.84. The fraction of sp³-hybridized carbons (Fsp3) is 0.324. The number of amides is 1. The molecule has 5 rings (SSSR count). The average molecular weight is 605 g/mol. The summed E-state index contributed by atoms with van der Waals surface area (Å²) in [6.07, 6.45) is 4.13. The van der Waals surface area contributed by atoms with Crippen LogP contribution in [0, 0.1) is 27.3 Å². The van der Waals surface area contributed by atoms with Crippen molar-refractivity contribution >= 4 is 17.5 Å². The molecule has 1 aliphatic heterocycles. The SMILES string of the molecule is [C-]#[N+]c1c(C)cc(-c2ccc(Oc3cccc(NC(=O)OCCCN4CCCCC4)c3)cc2)n(Cc2ccc(C)cc2C)c1=O. The van der Waals surface area contributed by atoms with Gasteiger partial charge in [0, 0.05) is 24.0 Å². The molecular weight excluding hydrogens is 564 g/mol. The zero-order valence-corrected chi connectivity index (χ0v) is 26.3. The Kier molecular flexibility index (Phi) is 10.3. The Morgan fingerprint density at radius 2 is 1.69 bits per heavy atom. The third kappa shape index (κ3) is 8.20. The zero-order valence-electron chi connectivity index (χ0n) is 26.3. The normalized spacial score (nSPS) is 13.2. The largest absolute Gasteiger partial charge is 0.457 e. The molecule has 1 amide bonds. The van der Waals surface area contributed by atoms with Crippen molar-refractivity contribution in [2.24, 2.45) is 0 Å². The van der Waals surface area contributed by atoms with Crippen LogP contribution in [0.4, 0.5) is 16.2 Å². The third-order valence-electron chi connectivity index (χ3n) is 8.17. The van der Waals surface area contributed by atoms with Gasteiger partial charge in [-0.3, -0.25) is 10.1 Å². The topological polar surface area (TPSA) is 77.2 Å². The Morgan fingerprint density at radius 1 is 0.911 bits per heavy atom. The second-order valence-corrected chi connectivity index (χ2v) is 11.7. The number of piperidine rings is 1. The number of anilines is 1. The molecule has 1 N–H and O–H groups in total. The second-order valence-electron chi connectivity index (χ2n) is 11.7. The van der Waals surface area contributed by atoms with Crippen LogP contribution in [0.25, 0.3) is 16.1 Å². The predicted octanol–water partition coefficient (Wildman–Crippen LogP) is 8.26. The number of nitrogens with one attached hydrogen (secondary N) is 1. The highest BCUT2D eigenvalue weighted by atomic mass is 16.5. The van der Waals surface area contributed by atoms with Gasteiger partial charge in [0.05, 0.1) is 19.7 Å². The number of aromatic nitrogens is 1. The van der Waals surface area contributed by atoms with Gasteiger partial charge in [0.2, 0.25) is 0 Å². The van der Waals surface area contributed by atoms with E-state index in [1.165, 1.54) is 19.3 Å². The zero-order chi connectivity index (χ0) is 31.8. The molecule has 1 saturated heterocycles.